The number of aromatic amines is 1. The molecule has 0 aliphatic heterocycles. The minimum Gasteiger partial charge on any atom is -0.313 e. The molecule has 0 aliphatic rings. The molecule has 0 amide bonds. The van der Waals surface area contributed by atoms with Gasteiger partial charge in [-0.15, -0.1) is 0 Å². The fraction of sp³-hybridized carbons (Fsp3) is 0. The van der Waals surface area contributed by atoms with E-state index in [1.807, 2.05) is 0 Å². The molecule has 0 spiro atoms. The van der Waals surface area contributed by atoms with Gasteiger partial charge in [0.2, 0.25) is 0 Å². The van der Waals surface area contributed by atoms with E-state index in [0.717, 1.165) is 0 Å². The second-order valence-corrected chi connectivity index (χ2v) is 2.48. The van der Waals surface area contributed by atoms with Gasteiger partial charge in [-0.1, -0.05) is 17.6 Å². The van der Waals surface area contributed by atoms with Crippen LogP contribution in [0.3, 0.4) is 0 Å². The summed E-state index contributed by atoms with van der Waals surface area (Å²) in [5, 5.41) is 0.525. The largest absolute Gasteiger partial charge is 0.313 e. The topological polar surface area (TPSA) is 45.8 Å². The Hall–Kier alpha value is -1.58. The molecule has 4 heteroatoms. The van der Waals surface area contributed by atoms with E-state index in [-0.39, 0.29) is 5.56 Å². The van der Waals surface area contributed by atoms with Gasteiger partial charge in [0.1, 0.15) is 7.85 Å². The van der Waals surface area contributed by atoms with Crippen LogP contribution < -0.4 is 11.0 Å². The summed E-state index contributed by atoms with van der Waals surface area (Å²) in [4.78, 5) is 17.6. The number of benzene rings is 1. The molecule has 3 nitrogen and oxygen atoms in total. The number of nitrogens with one attached hydrogen (secondary N) is 1. The minimum atomic E-state index is -0.160. The number of hydrogen-bond donors (Lipinski definition) is 1. The highest BCUT2D eigenvalue weighted by molar-refractivity contribution is 6.38. The smallest absolute Gasteiger partial charge is 0.258 e. The molecule has 2 aromatic rings. The third kappa shape index (κ3) is 0.924. The second kappa shape index (κ2) is 2.48. The predicted molar refractivity (Wildman–Crippen MR) is 47.8 cm³/mol. The van der Waals surface area contributed by atoms with Gasteiger partial charge in [0.25, 0.3) is 5.56 Å². The Morgan fingerprint density at radius 2 is 2.25 bits per heavy atom. The maximum atomic E-state index is 11.2. The molecule has 56 valence electrons. The quantitative estimate of drug-likeness (QED) is 0.533. The van der Waals surface area contributed by atoms with E-state index in [0.29, 0.717) is 16.4 Å². The summed E-state index contributed by atoms with van der Waals surface area (Å²) in [5.41, 5.74) is 0.923. The van der Waals surface area contributed by atoms with Crippen LogP contribution in [0.25, 0.3) is 10.9 Å². The van der Waals surface area contributed by atoms with Crippen molar-refractivity contribution in [2.24, 2.45) is 0 Å². The van der Waals surface area contributed by atoms with Gasteiger partial charge < -0.3 is 4.98 Å². The maximum absolute atomic E-state index is 11.2. The van der Waals surface area contributed by atoms with Gasteiger partial charge in [0.15, 0.2) is 0 Å². The first kappa shape index (κ1) is 7.09. The second-order valence-electron chi connectivity index (χ2n) is 2.48. The zero-order valence-corrected chi connectivity index (χ0v) is 6.24. The monoisotopic (exact) mass is 156 g/mol. The number of hydrogen-bond acceptors (Lipinski definition) is 2. The first-order chi connectivity index (χ1) is 5.79. The maximum Gasteiger partial charge on any atom is 0.258 e. The third-order valence-corrected chi connectivity index (χ3v) is 1.70. The van der Waals surface area contributed by atoms with Crippen LogP contribution in [0, 0.1) is 0 Å². The molecular weight excluding hydrogens is 151 g/mol. The van der Waals surface area contributed by atoms with Gasteiger partial charge in [-0.3, -0.25) is 4.79 Å². The normalized spacial score (nSPS) is 10.3. The molecule has 1 N–H and O–H groups in total. The summed E-state index contributed by atoms with van der Waals surface area (Å²) >= 11 is 0. The number of nitrogens with zero attached hydrogens (tertiary/aromatic N) is 1. The van der Waals surface area contributed by atoms with Crippen molar-refractivity contribution in [2.75, 3.05) is 0 Å². The molecular formula is C8H5BN2O. The Bertz CT molecular complexity index is 478. The number of H-pyrrole nitrogens is 1. The highest BCUT2D eigenvalue weighted by atomic mass is 16.1. The van der Waals surface area contributed by atoms with Crippen LogP contribution in [0.4, 0.5) is 0 Å². The molecule has 1 aromatic heterocycles. The molecule has 2 rings (SSSR count). The van der Waals surface area contributed by atoms with Crippen molar-refractivity contribution >= 4 is 24.2 Å². The number of aromatic nitrogens is 2. The van der Waals surface area contributed by atoms with Crippen LogP contribution in [-0.2, 0) is 0 Å². The van der Waals surface area contributed by atoms with Gasteiger partial charge in [-0.2, -0.15) is 0 Å². The lowest BCUT2D eigenvalue weighted by Crippen LogP contribution is -2.13. The lowest BCUT2D eigenvalue weighted by molar-refractivity contribution is 1.17. The Morgan fingerprint density at radius 1 is 1.42 bits per heavy atom. The molecule has 1 aromatic carbocycles. The van der Waals surface area contributed by atoms with E-state index in [2.05, 4.69) is 9.97 Å². The fourth-order valence-corrected chi connectivity index (χ4v) is 1.12. The number of fused-ring (bicyclic) bond motifs is 1. The van der Waals surface area contributed by atoms with Crippen molar-refractivity contribution in [1.29, 1.82) is 0 Å². The summed E-state index contributed by atoms with van der Waals surface area (Å²) in [6.45, 7) is 0. The van der Waals surface area contributed by atoms with Gasteiger partial charge in [0, 0.05) is 0 Å². The summed E-state index contributed by atoms with van der Waals surface area (Å²) < 4.78 is 0. The Labute approximate surface area is 69.9 Å². The third-order valence-electron chi connectivity index (χ3n) is 1.70. The average molecular weight is 156 g/mol. The fourth-order valence-electron chi connectivity index (χ4n) is 1.12. The van der Waals surface area contributed by atoms with E-state index >= 15 is 0 Å². The highest BCUT2D eigenvalue weighted by Crippen LogP contribution is 1.99. The van der Waals surface area contributed by atoms with E-state index in [4.69, 9.17) is 7.85 Å². The standard InChI is InChI=1S/C8H5BN2O/c9-6-3-1-2-5-7(6)10-4-11-8(5)12/h1-4H,(H,10,11,12). The van der Waals surface area contributed by atoms with Crippen molar-refractivity contribution < 1.29 is 0 Å². The molecule has 12 heavy (non-hydrogen) atoms. The van der Waals surface area contributed by atoms with Crippen molar-refractivity contribution in [3.05, 3.63) is 34.9 Å². The van der Waals surface area contributed by atoms with E-state index in [1.54, 1.807) is 18.2 Å². The first-order valence-corrected chi connectivity index (χ1v) is 3.51. The van der Waals surface area contributed by atoms with Crippen molar-refractivity contribution in [1.82, 2.24) is 9.97 Å². The van der Waals surface area contributed by atoms with Crippen LogP contribution in [-0.4, -0.2) is 17.8 Å². The van der Waals surface area contributed by atoms with Crippen LogP contribution in [0.15, 0.2) is 29.3 Å². The van der Waals surface area contributed by atoms with Crippen LogP contribution in [0.5, 0.6) is 0 Å². The van der Waals surface area contributed by atoms with Crippen molar-refractivity contribution in [2.45, 2.75) is 0 Å². The number of para-hydroxylation sites is 1. The van der Waals surface area contributed by atoms with Gasteiger partial charge in [-0.05, 0) is 6.07 Å². The lowest BCUT2D eigenvalue weighted by Gasteiger charge is -1.97. The summed E-state index contributed by atoms with van der Waals surface area (Å²) in [6.07, 6.45) is 1.35. The van der Waals surface area contributed by atoms with Crippen LogP contribution in [0.1, 0.15) is 0 Å². The molecule has 0 bridgehead atoms. The summed E-state index contributed by atoms with van der Waals surface area (Å²) in [6, 6.07) is 5.14. The van der Waals surface area contributed by atoms with Crippen LogP contribution >= 0.6 is 0 Å². The molecule has 0 fully saturated rings. The summed E-state index contributed by atoms with van der Waals surface area (Å²) in [7, 11) is 5.61. The zero-order chi connectivity index (χ0) is 8.55. The molecule has 0 aliphatic carbocycles. The van der Waals surface area contributed by atoms with E-state index in [9.17, 15) is 4.79 Å². The molecule has 1 heterocycles. The molecule has 2 radical (unpaired) electrons. The van der Waals surface area contributed by atoms with E-state index < -0.39 is 0 Å². The molecule has 0 saturated heterocycles. The van der Waals surface area contributed by atoms with Crippen molar-refractivity contribution in [3.63, 3.8) is 0 Å². The average Bonchev–Trinajstić information content (AvgIpc) is 2.07. The van der Waals surface area contributed by atoms with Gasteiger partial charge >= 0.3 is 0 Å². The van der Waals surface area contributed by atoms with Crippen LogP contribution in [0.2, 0.25) is 0 Å². The summed E-state index contributed by atoms with van der Waals surface area (Å²) in [5.74, 6) is 0. The number of rotatable bonds is 0. The minimum absolute atomic E-state index is 0.160. The van der Waals surface area contributed by atoms with Gasteiger partial charge in [0.05, 0.1) is 17.2 Å². The van der Waals surface area contributed by atoms with Crippen molar-refractivity contribution in [3.8, 4) is 0 Å². The van der Waals surface area contributed by atoms with Gasteiger partial charge in [-0.25, -0.2) is 4.98 Å². The Kier molecular flexibility index (Phi) is 1.47. The SMILES string of the molecule is [B]c1cccc2c(=O)[nH]cnc12. The molecule has 0 unspecified atom stereocenters. The zero-order valence-electron chi connectivity index (χ0n) is 6.24. The predicted octanol–water partition coefficient (Wildman–Crippen LogP) is -0.283. The lowest BCUT2D eigenvalue weighted by atomic mass is 9.94. The highest BCUT2D eigenvalue weighted by Gasteiger charge is 1.98. The Balaban J connectivity index is 3.05. The molecule has 0 saturated carbocycles. The first-order valence-electron chi connectivity index (χ1n) is 3.51. The Morgan fingerprint density at radius 3 is 3.00 bits per heavy atom. The van der Waals surface area contributed by atoms with E-state index in [1.165, 1.54) is 6.33 Å². The molecule has 0 atom stereocenters.